The normalized spacial score (nSPS) is 26.9. The maximum absolute atomic E-state index is 12.9. The molecule has 1 aromatic carbocycles. The number of nitrogens with zero attached hydrogens (tertiary/aromatic N) is 4. The summed E-state index contributed by atoms with van der Waals surface area (Å²) in [5, 5.41) is 2.05. The van der Waals surface area contributed by atoms with E-state index in [9.17, 15) is 4.79 Å². The van der Waals surface area contributed by atoms with E-state index >= 15 is 0 Å². The first-order valence-electron chi connectivity index (χ1n) is 9.82. The average molecular weight is 397 g/mol. The van der Waals surface area contributed by atoms with Crippen LogP contribution in [0.25, 0.3) is 11.0 Å². The summed E-state index contributed by atoms with van der Waals surface area (Å²) in [6.45, 7) is 1.80. The van der Waals surface area contributed by atoms with Gasteiger partial charge in [0.05, 0.1) is 41.1 Å². The summed E-state index contributed by atoms with van der Waals surface area (Å²) in [6, 6.07) is 8.89. The molecular weight excluding hydrogens is 372 g/mol. The Kier molecular flexibility index (Phi) is 4.44. The third-order valence-corrected chi connectivity index (χ3v) is 7.21. The standard InChI is InChI=1S/C21H24N4O2S/c1-27-20(26)21(10-15-12-28-14-23-15)11-16-6-7-19(21)25(16)9-8-24-13-22-17-4-2-3-5-18(17)24/h2-5,12-14,16,19H,6-11H2,1H3/t16-,19+,21+/m1/s1. The minimum Gasteiger partial charge on any atom is -0.469 e. The topological polar surface area (TPSA) is 60.2 Å². The highest BCUT2D eigenvalue weighted by Gasteiger charge is 2.60. The number of esters is 1. The maximum atomic E-state index is 12.9. The monoisotopic (exact) mass is 396 g/mol. The van der Waals surface area contributed by atoms with Crippen molar-refractivity contribution in [3.63, 3.8) is 0 Å². The van der Waals surface area contributed by atoms with Gasteiger partial charge in [-0.05, 0) is 31.4 Å². The average Bonchev–Trinajstić information content (AvgIpc) is 3.50. The predicted octanol–water partition coefficient (Wildman–Crippen LogP) is 3.13. The van der Waals surface area contributed by atoms with Crippen molar-refractivity contribution in [1.29, 1.82) is 0 Å². The van der Waals surface area contributed by atoms with E-state index in [0.717, 1.165) is 49.1 Å². The van der Waals surface area contributed by atoms with Crippen LogP contribution in [0.3, 0.4) is 0 Å². The van der Waals surface area contributed by atoms with Gasteiger partial charge in [0.25, 0.3) is 0 Å². The zero-order chi connectivity index (χ0) is 19.1. The van der Waals surface area contributed by atoms with Crippen LogP contribution >= 0.6 is 11.3 Å². The van der Waals surface area contributed by atoms with Crippen LogP contribution < -0.4 is 0 Å². The first-order chi connectivity index (χ1) is 13.7. The summed E-state index contributed by atoms with van der Waals surface area (Å²) in [4.78, 5) is 24.4. The Hall–Kier alpha value is -2.25. The third kappa shape index (κ3) is 2.76. The Bertz CT molecular complexity index is 985. The Morgan fingerprint density at radius 1 is 1.29 bits per heavy atom. The molecule has 0 radical (unpaired) electrons. The predicted molar refractivity (Wildman–Crippen MR) is 108 cm³/mol. The number of rotatable bonds is 6. The highest BCUT2D eigenvalue weighted by molar-refractivity contribution is 7.07. The number of fused-ring (bicyclic) bond motifs is 3. The van der Waals surface area contributed by atoms with Gasteiger partial charge in [-0.15, -0.1) is 11.3 Å². The quantitative estimate of drug-likeness (QED) is 0.599. The minimum absolute atomic E-state index is 0.0780. The molecule has 7 heteroatoms. The molecule has 2 aliphatic heterocycles. The zero-order valence-corrected chi connectivity index (χ0v) is 16.8. The SMILES string of the molecule is COC(=O)[C@@]1(Cc2cscn2)C[C@H]2CC[C@@H]1N2CCn1cnc2ccccc21. The summed E-state index contributed by atoms with van der Waals surface area (Å²) in [5.41, 5.74) is 4.57. The number of thiazole rings is 1. The molecule has 0 unspecified atom stereocenters. The molecule has 2 fully saturated rings. The first kappa shape index (κ1) is 17.8. The number of aromatic nitrogens is 3. The van der Waals surface area contributed by atoms with Crippen molar-refractivity contribution in [3.8, 4) is 0 Å². The number of methoxy groups -OCH3 is 1. The molecule has 28 heavy (non-hydrogen) atoms. The number of benzene rings is 1. The number of ether oxygens (including phenoxy) is 1. The zero-order valence-electron chi connectivity index (χ0n) is 16.0. The van der Waals surface area contributed by atoms with E-state index in [-0.39, 0.29) is 12.0 Å². The number of hydrogen-bond acceptors (Lipinski definition) is 6. The molecule has 2 aromatic heterocycles. The van der Waals surface area contributed by atoms with E-state index in [2.05, 4.69) is 36.9 Å². The van der Waals surface area contributed by atoms with Gasteiger partial charge in [-0.2, -0.15) is 0 Å². The molecular formula is C21H24N4O2S. The summed E-state index contributed by atoms with van der Waals surface area (Å²) in [7, 11) is 1.51. The number of para-hydroxylation sites is 2. The lowest BCUT2D eigenvalue weighted by molar-refractivity contribution is -0.155. The van der Waals surface area contributed by atoms with Crippen LogP contribution in [0.5, 0.6) is 0 Å². The van der Waals surface area contributed by atoms with Crippen molar-refractivity contribution in [2.24, 2.45) is 5.41 Å². The summed E-state index contributed by atoms with van der Waals surface area (Å²) >= 11 is 1.58. The van der Waals surface area contributed by atoms with Gasteiger partial charge in [-0.1, -0.05) is 12.1 Å². The van der Waals surface area contributed by atoms with Gasteiger partial charge >= 0.3 is 5.97 Å². The van der Waals surface area contributed by atoms with Gasteiger partial charge in [0.2, 0.25) is 0 Å². The fourth-order valence-corrected chi connectivity index (χ4v) is 5.95. The number of hydrogen-bond donors (Lipinski definition) is 0. The molecule has 2 bridgehead atoms. The van der Waals surface area contributed by atoms with Gasteiger partial charge in [0.1, 0.15) is 0 Å². The van der Waals surface area contributed by atoms with E-state index in [1.807, 2.05) is 24.0 Å². The molecule has 3 atom stereocenters. The van der Waals surface area contributed by atoms with E-state index in [1.165, 1.54) is 7.11 Å². The lowest BCUT2D eigenvalue weighted by Crippen LogP contribution is -2.46. The molecule has 3 aromatic rings. The second-order valence-electron chi connectivity index (χ2n) is 7.92. The molecule has 0 aliphatic carbocycles. The molecule has 0 saturated carbocycles. The highest BCUT2D eigenvalue weighted by Crippen LogP contribution is 2.52. The summed E-state index contributed by atoms with van der Waals surface area (Å²) < 4.78 is 7.51. The van der Waals surface area contributed by atoms with E-state index in [1.54, 1.807) is 11.3 Å². The van der Waals surface area contributed by atoms with Crippen molar-refractivity contribution >= 4 is 28.3 Å². The van der Waals surface area contributed by atoms with Crippen molar-refractivity contribution in [3.05, 3.63) is 47.2 Å². The van der Waals surface area contributed by atoms with E-state index in [0.29, 0.717) is 12.5 Å². The largest absolute Gasteiger partial charge is 0.469 e. The third-order valence-electron chi connectivity index (χ3n) is 6.58. The van der Waals surface area contributed by atoms with Gasteiger partial charge in [0.15, 0.2) is 0 Å². The lowest BCUT2D eigenvalue weighted by atomic mass is 9.71. The number of carbonyl (C=O) groups excluding carboxylic acids is 1. The van der Waals surface area contributed by atoms with Gasteiger partial charge in [0, 0.05) is 37.0 Å². The number of imidazole rings is 1. The summed E-state index contributed by atoms with van der Waals surface area (Å²) in [5.74, 6) is -0.0780. The highest BCUT2D eigenvalue weighted by atomic mass is 32.1. The lowest BCUT2D eigenvalue weighted by Gasteiger charge is -2.34. The Balaban J connectivity index is 1.38. The van der Waals surface area contributed by atoms with Crippen LogP contribution in [0.15, 0.2) is 41.5 Å². The Morgan fingerprint density at radius 2 is 2.18 bits per heavy atom. The van der Waals surface area contributed by atoms with Crippen molar-refractivity contribution < 1.29 is 9.53 Å². The molecule has 5 rings (SSSR count). The van der Waals surface area contributed by atoms with Gasteiger partial charge < -0.3 is 9.30 Å². The first-order valence-corrected chi connectivity index (χ1v) is 10.8. The Labute approximate surface area is 168 Å². The van der Waals surface area contributed by atoms with Crippen LogP contribution in [0.4, 0.5) is 0 Å². The van der Waals surface area contributed by atoms with Crippen molar-refractivity contribution in [2.75, 3.05) is 13.7 Å². The smallest absolute Gasteiger partial charge is 0.313 e. The molecule has 6 nitrogen and oxygen atoms in total. The van der Waals surface area contributed by atoms with Crippen LogP contribution in [0, 0.1) is 5.41 Å². The molecule has 2 aliphatic rings. The van der Waals surface area contributed by atoms with Crippen LogP contribution in [0.2, 0.25) is 0 Å². The molecule has 146 valence electrons. The molecule has 2 saturated heterocycles. The second-order valence-corrected chi connectivity index (χ2v) is 8.64. The Morgan fingerprint density at radius 3 is 3.00 bits per heavy atom. The van der Waals surface area contributed by atoms with Crippen molar-refractivity contribution in [1.82, 2.24) is 19.4 Å². The van der Waals surface area contributed by atoms with Crippen molar-refractivity contribution in [2.45, 2.75) is 44.3 Å². The molecule has 0 amide bonds. The van der Waals surface area contributed by atoms with Gasteiger partial charge in [-0.25, -0.2) is 9.97 Å². The number of carbonyl (C=O) groups is 1. The minimum atomic E-state index is -0.469. The fourth-order valence-electron chi connectivity index (χ4n) is 5.39. The molecule has 0 spiro atoms. The van der Waals surface area contributed by atoms with Crippen LogP contribution in [-0.4, -0.2) is 51.1 Å². The molecule has 4 heterocycles. The van der Waals surface area contributed by atoms with Crippen LogP contribution in [0.1, 0.15) is 25.0 Å². The van der Waals surface area contributed by atoms with Gasteiger partial charge in [-0.3, -0.25) is 9.69 Å². The fraction of sp³-hybridized carbons (Fsp3) is 0.476. The van der Waals surface area contributed by atoms with E-state index in [4.69, 9.17) is 4.74 Å². The summed E-state index contributed by atoms with van der Waals surface area (Å²) in [6.07, 6.45) is 5.67. The van der Waals surface area contributed by atoms with E-state index < -0.39 is 5.41 Å². The second kappa shape index (κ2) is 6.97. The molecule has 0 N–H and O–H groups in total. The maximum Gasteiger partial charge on any atom is 0.313 e. The van der Waals surface area contributed by atoms with Crippen LogP contribution in [-0.2, 0) is 22.5 Å².